The lowest BCUT2D eigenvalue weighted by Gasteiger charge is -2.28. The average Bonchev–Trinajstić information content (AvgIpc) is 3.34. The molecule has 0 unspecified atom stereocenters. The molecule has 2 aromatic carbocycles. The summed E-state index contributed by atoms with van der Waals surface area (Å²) in [4.78, 5) is 31.9. The van der Waals surface area contributed by atoms with Gasteiger partial charge in [0.1, 0.15) is 12.3 Å². The Balaban J connectivity index is 1.76. The summed E-state index contributed by atoms with van der Waals surface area (Å²) < 4.78 is 11.2. The number of hydrogen-bond donors (Lipinski definition) is 0. The molecule has 0 spiro atoms. The quantitative estimate of drug-likeness (QED) is 0.201. The number of thiophene rings is 1. The van der Waals surface area contributed by atoms with E-state index in [1.54, 1.807) is 28.4 Å². The molecule has 0 atom stereocenters. The molecule has 0 aliphatic heterocycles. The van der Waals surface area contributed by atoms with Crippen LogP contribution < -0.4 is 4.74 Å². The topological polar surface area (TPSA) is 59.1 Å². The van der Waals surface area contributed by atoms with E-state index < -0.39 is 0 Å². The fraction of sp³-hybridized carbons (Fsp3) is 0.419. The van der Waals surface area contributed by atoms with E-state index in [4.69, 9.17) is 9.47 Å². The van der Waals surface area contributed by atoms with Crippen molar-refractivity contribution in [1.29, 1.82) is 0 Å². The lowest BCUT2D eigenvalue weighted by molar-refractivity contribution is -0.133. The second-order valence-corrected chi connectivity index (χ2v) is 10.3. The van der Waals surface area contributed by atoms with Crippen molar-refractivity contribution in [1.82, 2.24) is 9.80 Å². The van der Waals surface area contributed by atoms with Crippen LogP contribution >= 0.6 is 11.3 Å². The van der Waals surface area contributed by atoms with Crippen LogP contribution in [0, 0.1) is 6.92 Å². The summed E-state index contributed by atoms with van der Waals surface area (Å²) in [7, 11) is 0. The standard InChI is InChI=1S/C31H40N2O4S/c1-4-6-20-37-28-15-13-27(14-16-28)31(35)32(18-10-19-36-5-2)24-30(34)33(22-26-11-8-7-9-12-26)23-29-25(3)17-21-38-29/h7-9,11-17,21H,4-6,10,18-20,22-24H2,1-3H3. The first kappa shape index (κ1) is 29.4. The van der Waals surface area contributed by atoms with Crippen LogP contribution in [0.3, 0.4) is 0 Å². The maximum atomic E-state index is 13.7. The Morgan fingerprint density at radius 2 is 1.63 bits per heavy atom. The van der Waals surface area contributed by atoms with E-state index in [9.17, 15) is 9.59 Å². The highest BCUT2D eigenvalue weighted by atomic mass is 32.1. The molecule has 0 N–H and O–H groups in total. The third-order valence-corrected chi connectivity index (χ3v) is 7.28. The molecule has 0 saturated carbocycles. The molecule has 6 nitrogen and oxygen atoms in total. The molecule has 2 amide bonds. The molecule has 0 saturated heterocycles. The van der Waals surface area contributed by atoms with Crippen molar-refractivity contribution in [2.45, 2.75) is 53.1 Å². The molecule has 3 aromatic rings. The van der Waals surface area contributed by atoms with Crippen molar-refractivity contribution in [3.05, 3.63) is 87.6 Å². The zero-order chi connectivity index (χ0) is 27.2. The van der Waals surface area contributed by atoms with Crippen molar-refractivity contribution in [3.8, 4) is 5.75 Å². The highest BCUT2D eigenvalue weighted by molar-refractivity contribution is 7.10. The number of aryl methyl sites for hydroxylation is 1. The molecule has 7 heteroatoms. The maximum absolute atomic E-state index is 13.7. The first-order valence-corrected chi connectivity index (χ1v) is 14.3. The van der Waals surface area contributed by atoms with Crippen LogP contribution in [-0.4, -0.2) is 54.5 Å². The van der Waals surface area contributed by atoms with E-state index >= 15 is 0 Å². The molecule has 38 heavy (non-hydrogen) atoms. The smallest absolute Gasteiger partial charge is 0.254 e. The molecule has 0 fully saturated rings. The van der Waals surface area contributed by atoms with Gasteiger partial charge in [0, 0.05) is 36.7 Å². The fourth-order valence-electron chi connectivity index (χ4n) is 4.00. The van der Waals surface area contributed by atoms with Crippen molar-refractivity contribution in [2.24, 2.45) is 0 Å². The lowest BCUT2D eigenvalue weighted by atomic mass is 10.1. The summed E-state index contributed by atoms with van der Waals surface area (Å²) in [5.74, 6) is 0.502. The fourth-order valence-corrected chi connectivity index (χ4v) is 4.92. The number of carbonyl (C=O) groups excluding carboxylic acids is 2. The van der Waals surface area contributed by atoms with Gasteiger partial charge < -0.3 is 19.3 Å². The zero-order valence-corrected chi connectivity index (χ0v) is 23.7. The summed E-state index contributed by atoms with van der Waals surface area (Å²) in [6, 6.07) is 19.3. The minimum absolute atomic E-state index is 0.0109. The van der Waals surface area contributed by atoms with E-state index in [0.717, 1.165) is 29.0 Å². The minimum atomic E-state index is -0.165. The van der Waals surface area contributed by atoms with Crippen LogP contribution in [0.15, 0.2) is 66.0 Å². The highest BCUT2D eigenvalue weighted by Crippen LogP contribution is 2.20. The van der Waals surface area contributed by atoms with E-state index in [1.165, 1.54) is 5.56 Å². The van der Waals surface area contributed by atoms with Crippen molar-refractivity contribution in [3.63, 3.8) is 0 Å². The average molecular weight is 537 g/mol. The Hall–Kier alpha value is -3.16. The Kier molecular flexibility index (Phi) is 12.3. The zero-order valence-electron chi connectivity index (χ0n) is 22.9. The van der Waals surface area contributed by atoms with Crippen LogP contribution in [0.25, 0.3) is 0 Å². The Labute approximate surface area is 231 Å². The Morgan fingerprint density at radius 1 is 0.868 bits per heavy atom. The van der Waals surface area contributed by atoms with E-state index in [2.05, 4.69) is 25.3 Å². The van der Waals surface area contributed by atoms with E-state index in [0.29, 0.717) is 51.4 Å². The first-order chi connectivity index (χ1) is 18.5. The van der Waals surface area contributed by atoms with Gasteiger partial charge in [-0.2, -0.15) is 0 Å². The molecule has 1 heterocycles. The molecular formula is C31H40N2O4S. The van der Waals surface area contributed by atoms with Crippen molar-refractivity contribution in [2.75, 3.05) is 32.9 Å². The monoisotopic (exact) mass is 536 g/mol. The van der Waals surface area contributed by atoms with Gasteiger partial charge in [-0.3, -0.25) is 9.59 Å². The van der Waals surface area contributed by atoms with Crippen LogP contribution in [0.1, 0.15) is 59.5 Å². The summed E-state index contributed by atoms with van der Waals surface area (Å²) >= 11 is 1.65. The highest BCUT2D eigenvalue weighted by Gasteiger charge is 2.23. The lowest BCUT2D eigenvalue weighted by Crippen LogP contribution is -2.43. The SMILES string of the molecule is CCCCOc1ccc(C(=O)N(CCCOCC)CC(=O)N(Cc2ccccc2)Cc2sccc2C)cc1. The van der Waals surface area contributed by atoms with Gasteiger partial charge in [0.2, 0.25) is 5.91 Å². The number of benzene rings is 2. The molecule has 1 aromatic heterocycles. The van der Waals surface area contributed by atoms with Crippen LogP contribution in [0.2, 0.25) is 0 Å². The Bertz CT molecular complexity index is 1110. The van der Waals surface area contributed by atoms with E-state index in [-0.39, 0.29) is 18.4 Å². The number of rotatable bonds is 16. The van der Waals surface area contributed by atoms with Crippen molar-refractivity contribution >= 4 is 23.2 Å². The van der Waals surface area contributed by atoms with Crippen LogP contribution in [0.5, 0.6) is 5.75 Å². The van der Waals surface area contributed by atoms with E-state index in [1.807, 2.05) is 54.3 Å². The number of hydrogen-bond acceptors (Lipinski definition) is 5. The predicted molar refractivity (Wildman–Crippen MR) is 154 cm³/mol. The second kappa shape index (κ2) is 15.9. The summed E-state index contributed by atoms with van der Waals surface area (Å²) in [6.07, 6.45) is 2.71. The van der Waals surface area contributed by atoms with Gasteiger partial charge in [0.15, 0.2) is 0 Å². The van der Waals surface area contributed by atoms with Gasteiger partial charge in [-0.1, -0.05) is 43.7 Å². The maximum Gasteiger partial charge on any atom is 0.254 e. The molecule has 0 radical (unpaired) electrons. The first-order valence-electron chi connectivity index (χ1n) is 13.5. The second-order valence-electron chi connectivity index (χ2n) is 9.27. The molecule has 3 rings (SSSR count). The summed E-state index contributed by atoms with van der Waals surface area (Å²) in [5, 5.41) is 2.05. The van der Waals surface area contributed by atoms with Crippen LogP contribution in [-0.2, 0) is 22.6 Å². The third-order valence-electron chi connectivity index (χ3n) is 6.27. The molecule has 204 valence electrons. The summed E-state index contributed by atoms with van der Waals surface area (Å²) in [6.45, 7) is 9.41. The minimum Gasteiger partial charge on any atom is -0.494 e. The normalized spacial score (nSPS) is 10.8. The third kappa shape index (κ3) is 9.30. The Morgan fingerprint density at radius 3 is 2.29 bits per heavy atom. The van der Waals surface area contributed by atoms with Crippen molar-refractivity contribution < 1.29 is 19.1 Å². The predicted octanol–water partition coefficient (Wildman–Crippen LogP) is 6.33. The molecule has 0 aliphatic carbocycles. The molecule has 0 bridgehead atoms. The number of carbonyl (C=O) groups is 2. The number of amides is 2. The van der Waals surface area contributed by atoms with Crippen LogP contribution in [0.4, 0.5) is 0 Å². The van der Waals surface area contributed by atoms with Gasteiger partial charge >= 0.3 is 0 Å². The largest absolute Gasteiger partial charge is 0.494 e. The number of nitrogens with zero attached hydrogens (tertiary/aromatic N) is 2. The van der Waals surface area contributed by atoms with Gasteiger partial charge in [0.25, 0.3) is 5.91 Å². The van der Waals surface area contributed by atoms with Gasteiger partial charge in [-0.05, 0) is 73.5 Å². The summed E-state index contributed by atoms with van der Waals surface area (Å²) in [5.41, 5.74) is 2.77. The van der Waals surface area contributed by atoms with Gasteiger partial charge in [0.05, 0.1) is 13.2 Å². The van der Waals surface area contributed by atoms with Gasteiger partial charge in [-0.25, -0.2) is 0 Å². The molecule has 0 aliphatic rings. The number of unbranched alkanes of at least 4 members (excludes halogenated alkanes) is 1. The number of ether oxygens (including phenoxy) is 2. The van der Waals surface area contributed by atoms with Gasteiger partial charge in [-0.15, -0.1) is 11.3 Å². The molecular weight excluding hydrogens is 496 g/mol.